The fourth-order valence-electron chi connectivity index (χ4n) is 3.37. The molecule has 25 heavy (non-hydrogen) atoms. The maximum Gasteiger partial charge on any atom is 0.121 e. The first-order chi connectivity index (χ1) is 12.3. The van der Waals surface area contributed by atoms with Gasteiger partial charge in [0.05, 0.1) is 18.3 Å². The fourth-order valence-corrected chi connectivity index (χ4v) is 4.61. The van der Waals surface area contributed by atoms with Crippen molar-refractivity contribution < 1.29 is 4.74 Å². The van der Waals surface area contributed by atoms with E-state index in [-0.39, 0.29) is 0 Å². The lowest BCUT2D eigenvalue weighted by atomic mass is 10.0. The number of hydrogen-bond donors (Lipinski definition) is 0. The lowest BCUT2D eigenvalue weighted by Gasteiger charge is -2.08. The molecule has 0 amide bonds. The SMILES string of the molecule is COc1ccc2c(c1)nc(-c1ccccc1)c1c3ccccc3sc21. The molecule has 3 aromatic carbocycles. The summed E-state index contributed by atoms with van der Waals surface area (Å²) in [6.07, 6.45) is 0. The molecule has 5 aromatic rings. The molecule has 0 spiro atoms. The van der Waals surface area contributed by atoms with Crippen molar-refractivity contribution in [1.82, 2.24) is 4.98 Å². The predicted molar refractivity (Wildman–Crippen MR) is 107 cm³/mol. The number of rotatable bonds is 2. The van der Waals surface area contributed by atoms with Crippen LogP contribution in [0, 0.1) is 0 Å². The Balaban J connectivity index is 2.01. The molecule has 0 fully saturated rings. The summed E-state index contributed by atoms with van der Waals surface area (Å²) in [5.74, 6) is 0.833. The van der Waals surface area contributed by atoms with Crippen molar-refractivity contribution in [2.45, 2.75) is 0 Å². The van der Waals surface area contributed by atoms with E-state index in [2.05, 4.69) is 54.6 Å². The molecule has 0 N–H and O–H groups in total. The summed E-state index contributed by atoms with van der Waals surface area (Å²) < 4.78 is 7.98. The van der Waals surface area contributed by atoms with Gasteiger partial charge in [-0.15, -0.1) is 11.3 Å². The molecule has 0 unspecified atom stereocenters. The standard InChI is InChI=1S/C22H15NOS/c1-24-15-11-12-16-18(13-15)23-21(14-7-3-2-4-8-14)20-17-9-5-6-10-19(17)25-22(16)20/h2-13H,1H3. The third kappa shape index (κ3) is 2.20. The van der Waals surface area contributed by atoms with Crippen molar-refractivity contribution in [1.29, 1.82) is 0 Å². The van der Waals surface area contributed by atoms with Gasteiger partial charge in [0.25, 0.3) is 0 Å². The highest BCUT2D eigenvalue weighted by Gasteiger charge is 2.16. The van der Waals surface area contributed by atoms with Gasteiger partial charge in [-0.2, -0.15) is 0 Å². The number of fused-ring (bicyclic) bond motifs is 5. The minimum atomic E-state index is 0.833. The van der Waals surface area contributed by atoms with Gasteiger partial charge >= 0.3 is 0 Å². The highest BCUT2D eigenvalue weighted by molar-refractivity contribution is 7.26. The molecule has 2 heterocycles. The smallest absolute Gasteiger partial charge is 0.121 e. The molecule has 0 saturated heterocycles. The lowest BCUT2D eigenvalue weighted by Crippen LogP contribution is -1.89. The maximum absolute atomic E-state index is 5.40. The first-order valence-corrected chi connectivity index (χ1v) is 9.01. The summed E-state index contributed by atoms with van der Waals surface area (Å²) in [5, 5.41) is 3.69. The Morgan fingerprint density at radius 3 is 2.48 bits per heavy atom. The largest absolute Gasteiger partial charge is 0.497 e. The van der Waals surface area contributed by atoms with Crippen LogP contribution in [0.3, 0.4) is 0 Å². The van der Waals surface area contributed by atoms with Crippen LogP contribution in [-0.4, -0.2) is 12.1 Å². The second-order valence-corrected chi connectivity index (χ2v) is 7.06. The van der Waals surface area contributed by atoms with Crippen LogP contribution in [0.1, 0.15) is 0 Å². The minimum absolute atomic E-state index is 0.833. The van der Waals surface area contributed by atoms with E-state index < -0.39 is 0 Å². The molecule has 2 aromatic heterocycles. The molecular formula is C22H15NOS. The Kier molecular flexibility index (Phi) is 3.22. The molecule has 2 nitrogen and oxygen atoms in total. The Hall–Kier alpha value is -2.91. The van der Waals surface area contributed by atoms with Gasteiger partial charge in [0.2, 0.25) is 0 Å². The van der Waals surface area contributed by atoms with Crippen molar-refractivity contribution in [2.24, 2.45) is 0 Å². The number of methoxy groups -OCH3 is 1. The molecule has 0 aliphatic heterocycles. The predicted octanol–water partition coefficient (Wildman–Crippen LogP) is 6.28. The zero-order valence-corrected chi connectivity index (χ0v) is 14.5. The van der Waals surface area contributed by atoms with E-state index in [0.717, 1.165) is 22.5 Å². The van der Waals surface area contributed by atoms with Gasteiger partial charge < -0.3 is 4.74 Å². The van der Waals surface area contributed by atoms with Crippen LogP contribution >= 0.6 is 11.3 Å². The molecule has 0 saturated carbocycles. The topological polar surface area (TPSA) is 22.1 Å². The fraction of sp³-hybridized carbons (Fsp3) is 0.0455. The molecule has 0 bridgehead atoms. The van der Waals surface area contributed by atoms with Gasteiger partial charge in [0.15, 0.2) is 0 Å². The molecule has 0 atom stereocenters. The molecular weight excluding hydrogens is 326 g/mol. The van der Waals surface area contributed by atoms with Crippen molar-refractivity contribution in [2.75, 3.05) is 7.11 Å². The van der Waals surface area contributed by atoms with Crippen LogP contribution in [-0.2, 0) is 0 Å². The van der Waals surface area contributed by atoms with Gasteiger partial charge in [-0.3, -0.25) is 0 Å². The molecule has 5 rings (SSSR count). The van der Waals surface area contributed by atoms with E-state index in [4.69, 9.17) is 9.72 Å². The summed E-state index contributed by atoms with van der Waals surface area (Å²) in [6.45, 7) is 0. The number of aromatic nitrogens is 1. The van der Waals surface area contributed by atoms with E-state index in [9.17, 15) is 0 Å². The molecule has 3 heteroatoms. The van der Waals surface area contributed by atoms with E-state index in [1.54, 1.807) is 7.11 Å². The summed E-state index contributed by atoms with van der Waals surface area (Å²) >= 11 is 1.83. The van der Waals surface area contributed by atoms with Crippen LogP contribution in [0.15, 0.2) is 72.8 Å². The highest BCUT2D eigenvalue weighted by atomic mass is 32.1. The van der Waals surface area contributed by atoms with Crippen LogP contribution in [0.4, 0.5) is 0 Å². The summed E-state index contributed by atoms with van der Waals surface area (Å²) in [7, 11) is 1.69. The second kappa shape index (κ2) is 5.57. The molecule has 0 aliphatic rings. The summed E-state index contributed by atoms with van der Waals surface area (Å²) in [4.78, 5) is 5.03. The van der Waals surface area contributed by atoms with Crippen molar-refractivity contribution in [3.8, 4) is 17.0 Å². The third-order valence-corrected chi connectivity index (χ3v) is 5.77. The zero-order chi connectivity index (χ0) is 16.8. The molecule has 0 radical (unpaired) electrons. The highest BCUT2D eigenvalue weighted by Crippen LogP contribution is 2.42. The van der Waals surface area contributed by atoms with Gasteiger partial charge in [-0.05, 0) is 18.2 Å². The first kappa shape index (κ1) is 14.4. The van der Waals surface area contributed by atoms with Gasteiger partial charge in [-0.25, -0.2) is 4.98 Å². The Bertz CT molecular complexity index is 1220. The second-order valence-electron chi connectivity index (χ2n) is 6.01. The molecule has 0 aliphatic carbocycles. The van der Waals surface area contributed by atoms with Crippen LogP contribution in [0.25, 0.3) is 42.3 Å². The first-order valence-electron chi connectivity index (χ1n) is 8.19. The monoisotopic (exact) mass is 341 g/mol. The quantitative estimate of drug-likeness (QED) is 0.377. The van der Waals surface area contributed by atoms with Gasteiger partial charge in [0, 0.05) is 37.2 Å². The van der Waals surface area contributed by atoms with E-state index in [1.807, 2.05) is 29.5 Å². The zero-order valence-electron chi connectivity index (χ0n) is 13.7. The number of hydrogen-bond acceptors (Lipinski definition) is 3. The number of pyridine rings is 1. The minimum Gasteiger partial charge on any atom is -0.497 e. The van der Waals surface area contributed by atoms with E-state index in [0.29, 0.717) is 0 Å². The van der Waals surface area contributed by atoms with Gasteiger partial charge in [0.1, 0.15) is 5.75 Å². The summed E-state index contributed by atoms with van der Waals surface area (Å²) in [5.41, 5.74) is 3.15. The van der Waals surface area contributed by atoms with Crippen molar-refractivity contribution in [3.05, 3.63) is 72.8 Å². The Labute approximate surface area is 149 Å². The van der Waals surface area contributed by atoms with E-state index >= 15 is 0 Å². The maximum atomic E-state index is 5.40. The van der Waals surface area contributed by atoms with E-state index in [1.165, 1.54) is 25.6 Å². The van der Waals surface area contributed by atoms with Gasteiger partial charge in [-0.1, -0.05) is 48.5 Å². The lowest BCUT2D eigenvalue weighted by molar-refractivity contribution is 0.415. The average molecular weight is 341 g/mol. The normalized spacial score (nSPS) is 11.4. The van der Waals surface area contributed by atoms with Crippen LogP contribution < -0.4 is 4.74 Å². The number of ether oxygens (including phenoxy) is 1. The Morgan fingerprint density at radius 2 is 1.64 bits per heavy atom. The molecule has 120 valence electrons. The number of benzene rings is 3. The summed E-state index contributed by atoms with van der Waals surface area (Å²) in [6, 6.07) is 25.1. The third-order valence-electron chi connectivity index (χ3n) is 4.56. The Morgan fingerprint density at radius 1 is 0.840 bits per heavy atom. The van der Waals surface area contributed by atoms with Crippen LogP contribution in [0.5, 0.6) is 5.75 Å². The average Bonchev–Trinajstić information content (AvgIpc) is 3.07. The van der Waals surface area contributed by atoms with Crippen molar-refractivity contribution in [3.63, 3.8) is 0 Å². The number of nitrogens with zero attached hydrogens (tertiary/aromatic N) is 1. The number of thiophene rings is 1. The van der Waals surface area contributed by atoms with Crippen LogP contribution in [0.2, 0.25) is 0 Å². The van der Waals surface area contributed by atoms with Crippen molar-refractivity contribution >= 4 is 42.4 Å².